The average molecular weight is 298 g/mol. The first-order valence-electron chi connectivity index (χ1n) is 4.42. The lowest BCUT2D eigenvalue weighted by Gasteiger charge is -2.08. The molecule has 0 amide bonds. The van der Waals surface area contributed by atoms with Crippen LogP contribution in [-0.2, 0) is 0 Å². The van der Waals surface area contributed by atoms with Crippen LogP contribution in [0.4, 0.5) is 0 Å². The minimum absolute atomic E-state index is 0.478. The molecule has 0 aliphatic carbocycles. The summed E-state index contributed by atoms with van der Waals surface area (Å²) in [4.78, 5) is 0. The van der Waals surface area contributed by atoms with E-state index >= 15 is 0 Å². The summed E-state index contributed by atoms with van der Waals surface area (Å²) < 4.78 is 6.37. The lowest BCUT2D eigenvalue weighted by molar-refractivity contribution is 0.309. The Morgan fingerprint density at radius 1 is 1.36 bits per heavy atom. The van der Waals surface area contributed by atoms with Gasteiger partial charge in [0.15, 0.2) is 0 Å². The van der Waals surface area contributed by atoms with Crippen LogP contribution in [-0.4, -0.2) is 6.61 Å². The Balaban J connectivity index is 2.75. The zero-order valence-corrected chi connectivity index (χ0v) is 10.9. The molecule has 0 heterocycles. The van der Waals surface area contributed by atoms with Crippen molar-refractivity contribution in [1.82, 2.24) is 0 Å². The van der Waals surface area contributed by atoms with Crippen molar-refractivity contribution < 1.29 is 4.74 Å². The summed E-state index contributed by atoms with van der Waals surface area (Å²) in [6.07, 6.45) is 2.11. The third-order valence-corrected chi connectivity index (χ3v) is 2.96. The molecular formula is C10H11BrCl2O. The van der Waals surface area contributed by atoms with Gasteiger partial charge in [0.2, 0.25) is 0 Å². The topological polar surface area (TPSA) is 9.23 Å². The molecule has 1 aromatic carbocycles. The molecule has 0 bridgehead atoms. The second-order valence-corrected chi connectivity index (χ2v) is 4.60. The highest BCUT2D eigenvalue weighted by molar-refractivity contribution is 9.10. The SMILES string of the molecule is CCCCOc1cc(Br)cc(Cl)c1Cl. The van der Waals surface area contributed by atoms with Crippen LogP contribution in [0.25, 0.3) is 0 Å². The fourth-order valence-corrected chi connectivity index (χ4v) is 1.91. The predicted octanol–water partition coefficient (Wildman–Crippen LogP) is 4.93. The van der Waals surface area contributed by atoms with Gasteiger partial charge in [0.05, 0.1) is 11.6 Å². The first-order chi connectivity index (χ1) is 6.65. The molecule has 0 aliphatic heterocycles. The molecule has 1 rings (SSSR count). The average Bonchev–Trinajstić information content (AvgIpc) is 2.13. The van der Waals surface area contributed by atoms with Gasteiger partial charge in [-0.3, -0.25) is 0 Å². The molecule has 0 aromatic heterocycles. The molecule has 0 atom stereocenters. The van der Waals surface area contributed by atoms with Gasteiger partial charge in [0.25, 0.3) is 0 Å². The van der Waals surface area contributed by atoms with Crippen LogP contribution in [0.1, 0.15) is 19.8 Å². The molecule has 0 fully saturated rings. The van der Waals surface area contributed by atoms with Crippen LogP contribution in [0.5, 0.6) is 5.75 Å². The minimum atomic E-state index is 0.478. The summed E-state index contributed by atoms with van der Waals surface area (Å²) in [6.45, 7) is 2.78. The number of hydrogen-bond acceptors (Lipinski definition) is 1. The van der Waals surface area contributed by atoms with Gasteiger partial charge in [-0.15, -0.1) is 0 Å². The number of ether oxygens (including phenoxy) is 1. The Hall–Kier alpha value is 0.0800. The van der Waals surface area contributed by atoms with Crippen LogP contribution >= 0.6 is 39.1 Å². The van der Waals surface area contributed by atoms with Crippen LogP contribution in [0.2, 0.25) is 10.0 Å². The Bertz CT molecular complexity index is 315. The first kappa shape index (κ1) is 12.2. The Labute approximate surface area is 102 Å². The Morgan fingerprint density at radius 2 is 2.07 bits per heavy atom. The van der Waals surface area contributed by atoms with E-state index in [-0.39, 0.29) is 0 Å². The maximum Gasteiger partial charge on any atom is 0.140 e. The van der Waals surface area contributed by atoms with Crippen LogP contribution in [0.3, 0.4) is 0 Å². The normalized spacial score (nSPS) is 10.3. The van der Waals surface area contributed by atoms with Crippen molar-refractivity contribution in [1.29, 1.82) is 0 Å². The fourth-order valence-electron chi connectivity index (χ4n) is 0.964. The molecule has 0 saturated carbocycles. The van der Waals surface area contributed by atoms with Gasteiger partial charge in [0.1, 0.15) is 10.8 Å². The van der Waals surface area contributed by atoms with E-state index in [1.54, 1.807) is 6.07 Å². The number of unbranched alkanes of at least 4 members (excludes halogenated alkanes) is 1. The van der Waals surface area contributed by atoms with Crippen LogP contribution in [0, 0.1) is 0 Å². The van der Waals surface area contributed by atoms with Crippen LogP contribution in [0.15, 0.2) is 16.6 Å². The Kier molecular flexibility index (Phi) is 5.07. The van der Waals surface area contributed by atoms with E-state index in [9.17, 15) is 0 Å². The minimum Gasteiger partial charge on any atom is -0.492 e. The number of benzene rings is 1. The third kappa shape index (κ3) is 3.34. The summed E-state index contributed by atoms with van der Waals surface area (Å²) in [5, 5.41) is 0.985. The van der Waals surface area contributed by atoms with Gasteiger partial charge in [0, 0.05) is 4.47 Å². The molecule has 0 N–H and O–H groups in total. The number of hydrogen-bond donors (Lipinski definition) is 0. The number of rotatable bonds is 4. The standard InChI is InChI=1S/C10H11BrCl2O/c1-2-3-4-14-9-6-7(11)5-8(12)10(9)13/h5-6H,2-4H2,1H3. The summed E-state index contributed by atoms with van der Waals surface area (Å²) in [5.41, 5.74) is 0. The number of halogens is 3. The monoisotopic (exact) mass is 296 g/mol. The van der Waals surface area contributed by atoms with Crippen molar-refractivity contribution in [2.45, 2.75) is 19.8 Å². The highest BCUT2D eigenvalue weighted by Crippen LogP contribution is 2.35. The Morgan fingerprint density at radius 3 is 2.71 bits per heavy atom. The smallest absolute Gasteiger partial charge is 0.140 e. The van der Waals surface area contributed by atoms with Gasteiger partial charge in [-0.2, -0.15) is 0 Å². The maximum absolute atomic E-state index is 5.97. The van der Waals surface area contributed by atoms with Crippen molar-refractivity contribution in [3.05, 3.63) is 26.7 Å². The second kappa shape index (κ2) is 5.84. The maximum atomic E-state index is 5.97. The molecule has 1 aromatic rings. The summed E-state index contributed by atoms with van der Waals surface area (Å²) in [5.74, 6) is 0.638. The van der Waals surface area contributed by atoms with Gasteiger partial charge < -0.3 is 4.74 Å². The van der Waals surface area contributed by atoms with E-state index < -0.39 is 0 Å². The van der Waals surface area contributed by atoms with Crippen LogP contribution < -0.4 is 4.74 Å². The van der Waals surface area contributed by atoms with Crippen molar-refractivity contribution in [3.63, 3.8) is 0 Å². The largest absolute Gasteiger partial charge is 0.492 e. The summed E-state index contributed by atoms with van der Waals surface area (Å²) in [6, 6.07) is 3.57. The van der Waals surface area contributed by atoms with E-state index in [0.29, 0.717) is 22.4 Å². The van der Waals surface area contributed by atoms with E-state index in [2.05, 4.69) is 22.9 Å². The zero-order chi connectivity index (χ0) is 10.6. The summed E-state index contributed by atoms with van der Waals surface area (Å²) >= 11 is 15.2. The molecule has 14 heavy (non-hydrogen) atoms. The van der Waals surface area contributed by atoms with E-state index in [1.165, 1.54) is 0 Å². The highest BCUT2D eigenvalue weighted by atomic mass is 79.9. The molecule has 0 aliphatic rings. The summed E-state index contributed by atoms with van der Waals surface area (Å²) in [7, 11) is 0. The lowest BCUT2D eigenvalue weighted by Crippen LogP contribution is -1.97. The van der Waals surface area contributed by atoms with Gasteiger partial charge in [-0.25, -0.2) is 0 Å². The van der Waals surface area contributed by atoms with Crippen molar-refractivity contribution in [3.8, 4) is 5.75 Å². The van der Waals surface area contributed by atoms with Gasteiger partial charge >= 0.3 is 0 Å². The first-order valence-corrected chi connectivity index (χ1v) is 5.97. The van der Waals surface area contributed by atoms with Crippen molar-refractivity contribution >= 4 is 39.1 Å². The van der Waals surface area contributed by atoms with Gasteiger partial charge in [-0.1, -0.05) is 52.5 Å². The molecular weight excluding hydrogens is 287 g/mol. The van der Waals surface area contributed by atoms with E-state index in [4.69, 9.17) is 27.9 Å². The van der Waals surface area contributed by atoms with Crippen molar-refractivity contribution in [2.24, 2.45) is 0 Å². The lowest BCUT2D eigenvalue weighted by atomic mass is 10.3. The molecule has 78 valence electrons. The fraction of sp³-hybridized carbons (Fsp3) is 0.400. The highest BCUT2D eigenvalue weighted by Gasteiger charge is 2.07. The molecule has 0 spiro atoms. The molecule has 4 heteroatoms. The van der Waals surface area contributed by atoms with Crippen molar-refractivity contribution in [2.75, 3.05) is 6.61 Å². The van der Waals surface area contributed by atoms with E-state index in [1.807, 2.05) is 6.07 Å². The predicted molar refractivity (Wildman–Crippen MR) is 64.6 cm³/mol. The van der Waals surface area contributed by atoms with Gasteiger partial charge in [-0.05, 0) is 18.6 Å². The molecule has 0 saturated heterocycles. The zero-order valence-electron chi connectivity index (χ0n) is 7.82. The van der Waals surface area contributed by atoms with E-state index in [0.717, 1.165) is 17.3 Å². The second-order valence-electron chi connectivity index (χ2n) is 2.90. The molecule has 0 radical (unpaired) electrons. The third-order valence-electron chi connectivity index (χ3n) is 1.72. The quantitative estimate of drug-likeness (QED) is 0.565. The molecule has 1 nitrogen and oxygen atoms in total. The molecule has 0 unspecified atom stereocenters.